The fourth-order valence-electron chi connectivity index (χ4n) is 1.73. The lowest BCUT2D eigenvalue weighted by Gasteiger charge is -2.29. The van der Waals surface area contributed by atoms with Crippen molar-refractivity contribution in [2.75, 3.05) is 13.6 Å². The van der Waals surface area contributed by atoms with Gasteiger partial charge in [0.2, 0.25) is 0 Å². The molecule has 16 heavy (non-hydrogen) atoms. The van der Waals surface area contributed by atoms with Gasteiger partial charge in [-0.1, -0.05) is 6.92 Å². The first-order valence-electron chi connectivity index (χ1n) is 5.99. The summed E-state index contributed by atoms with van der Waals surface area (Å²) in [5, 5.41) is 0. The van der Waals surface area contributed by atoms with E-state index in [9.17, 15) is 0 Å². The molecule has 0 spiro atoms. The van der Waals surface area contributed by atoms with Crippen LogP contribution in [0.15, 0.2) is 24.5 Å². The highest BCUT2D eigenvalue weighted by atomic mass is 15.1. The van der Waals surface area contributed by atoms with E-state index < -0.39 is 0 Å². The minimum atomic E-state index is 0.266. The Labute approximate surface area is 98.7 Å². The summed E-state index contributed by atoms with van der Waals surface area (Å²) in [6.45, 7) is 5.37. The molecule has 0 fully saturated rings. The predicted molar refractivity (Wildman–Crippen MR) is 68.3 cm³/mol. The first-order chi connectivity index (χ1) is 7.65. The summed E-state index contributed by atoms with van der Waals surface area (Å²) >= 11 is 0. The molecule has 0 saturated heterocycles. The van der Waals surface area contributed by atoms with Gasteiger partial charge in [-0.05, 0) is 44.5 Å². The molecule has 0 saturated carbocycles. The minimum absolute atomic E-state index is 0.266. The maximum atomic E-state index is 6.03. The standard InChI is InChI=1S/C13H23N3/c1-4-13(14)11(2)16(3)10-7-12-5-8-15-9-6-12/h5-6,8-9,11,13H,4,7,10,14H2,1-3H3. The zero-order valence-corrected chi connectivity index (χ0v) is 10.6. The zero-order chi connectivity index (χ0) is 12.0. The molecule has 1 aromatic rings. The topological polar surface area (TPSA) is 42.1 Å². The number of hydrogen-bond donors (Lipinski definition) is 1. The van der Waals surface area contributed by atoms with Crippen LogP contribution in [0.4, 0.5) is 0 Å². The molecule has 90 valence electrons. The lowest BCUT2D eigenvalue weighted by molar-refractivity contribution is 0.226. The zero-order valence-electron chi connectivity index (χ0n) is 10.6. The summed E-state index contributed by atoms with van der Waals surface area (Å²) in [6, 6.07) is 4.84. The van der Waals surface area contributed by atoms with Gasteiger partial charge >= 0.3 is 0 Å². The van der Waals surface area contributed by atoms with E-state index in [1.54, 1.807) is 0 Å². The van der Waals surface area contributed by atoms with Crippen LogP contribution in [0.1, 0.15) is 25.8 Å². The SMILES string of the molecule is CCC(N)C(C)N(C)CCc1ccncc1. The number of nitrogens with two attached hydrogens (primary N) is 1. The molecule has 2 N–H and O–H groups in total. The smallest absolute Gasteiger partial charge is 0.0270 e. The van der Waals surface area contributed by atoms with Crippen LogP contribution in [0.3, 0.4) is 0 Å². The molecule has 3 nitrogen and oxygen atoms in total. The van der Waals surface area contributed by atoms with Crippen molar-refractivity contribution in [1.82, 2.24) is 9.88 Å². The van der Waals surface area contributed by atoms with E-state index in [2.05, 4.69) is 42.9 Å². The third-order valence-corrected chi connectivity index (χ3v) is 3.29. The predicted octanol–water partition coefficient (Wildman–Crippen LogP) is 1.68. The van der Waals surface area contributed by atoms with E-state index >= 15 is 0 Å². The highest BCUT2D eigenvalue weighted by Crippen LogP contribution is 2.05. The van der Waals surface area contributed by atoms with Gasteiger partial charge in [0.15, 0.2) is 0 Å². The van der Waals surface area contributed by atoms with Crippen molar-refractivity contribution >= 4 is 0 Å². The monoisotopic (exact) mass is 221 g/mol. The maximum Gasteiger partial charge on any atom is 0.0270 e. The fourth-order valence-corrected chi connectivity index (χ4v) is 1.73. The van der Waals surface area contributed by atoms with Crippen LogP contribution in [0.5, 0.6) is 0 Å². The van der Waals surface area contributed by atoms with Crippen molar-refractivity contribution in [2.24, 2.45) is 5.73 Å². The third-order valence-electron chi connectivity index (χ3n) is 3.29. The molecule has 0 bridgehead atoms. The Balaban J connectivity index is 2.38. The van der Waals surface area contributed by atoms with Gasteiger partial charge < -0.3 is 10.6 Å². The number of likely N-dealkylation sites (N-methyl/N-ethyl adjacent to an activating group) is 1. The molecular formula is C13H23N3. The molecule has 0 aliphatic heterocycles. The van der Waals surface area contributed by atoms with Crippen LogP contribution >= 0.6 is 0 Å². The van der Waals surface area contributed by atoms with Gasteiger partial charge in [-0.3, -0.25) is 4.98 Å². The van der Waals surface area contributed by atoms with E-state index in [0.717, 1.165) is 19.4 Å². The molecule has 1 aromatic heterocycles. The molecule has 1 rings (SSSR count). The second kappa shape index (κ2) is 6.61. The van der Waals surface area contributed by atoms with Gasteiger partial charge in [-0.2, -0.15) is 0 Å². The Morgan fingerprint density at radius 3 is 2.56 bits per heavy atom. The maximum absolute atomic E-state index is 6.03. The summed E-state index contributed by atoms with van der Waals surface area (Å²) in [4.78, 5) is 6.34. The van der Waals surface area contributed by atoms with Crippen LogP contribution in [0, 0.1) is 0 Å². The van der Waals surface area contributed by atoms with Crippen LogP contribution in [-0.2, 0) is 6.42 Å². The molecule has 0 aliphatic carbocycles. The van der Waals surface area contributed by atoms with Crippen LogP contribution < -0.4 is 5.73 Å². The second-order valence-electron chi connectivity index (χ2n) is 4.40. The fraction of sp³-hybridized carbons (Fsp3) is 0.615. The Morgan fingerprint density at radius 1 is 1.38 bits per heavy atom. The molecular weight excluding hydrogens is 198 g/mol. The lowest BCUT2D eigenvalue weighted by Crippen LogP contribution is -2.44. The first-order valence-corrected chi connectivity index (χ1v) is 5.99. The van der Waals surface area contributed by atoms with Crippen molar-refractivity contribution < 1.29 is 0 Å². The second-order valence-corrected chi connectivity index (χ2v) is 4.40. The van der Waals surface area contributed by atoms with Crippen molar-refractivity contribution in [3.8, 4) is 0 Å². The molecule has 0 amide bonds. The minimum Gasteiger partial charge on any atom is -0.326 e. The molecule has 0 aliphatic rings. The Bertz CT molecular complexity index is 286. The molecule has 3 heteroatoms. The largest absolute Gasteiger partial charge is 0.326 e. The molecule has 0 aromatic carbocycles. The quantitative estimate of drug-likeness (QED) is 0.794. The number of rotatable bonds is 6. The van der Waals surface area contributed by atoms with E-state index in [4.69, 9.17) is 5.73 Å². The number of hydrogen-bond acceptors (Lipinski definition) is 3. The van der Waals surface area contributed by atoms with Gasteiger partial charge in [0, 0.05) is 31.0 Å². The van der Waals surface area contributed by atoms with E-state index in [1.807, 2.05) is 12.4 Å². The molecule has 1 heterocycles. The normalized spacial score (nSPS) is 15.1. The molecule has 2 unspecified atom stereocenters. The van der Waals surface area contributed by atoms with E-state index in [-0.39, 0.29) is 6.04 Å². The Kier molecular flexibility index (Phi) is 5.43. The van der Waals surface area contributed by atoms with Crippen molar-refractivity contribution in [2.45, 2.75) is 38.8 Å². The average molecular weight is 221 g/mol. The highest BCUT2D eigenvalue weighted by Gasteiger charge is 2.15. The van der Waals surface area contributed by atoms with Gasteiger partial charge in [0.25, 0.3) is 0 Å². The highest BCUT2D eigenvalue weighted by molar-refractivity contribution is 5.09. The molecule has 0 radical (unpaired) electrons. The van der Waals surface area contributed by atoms with Gasteiger partial charge in [-0.25, -0.2) is 0 Å². The molecule has 2 atom stereocenters. The van der Waals surface area contributed by atoms with Crippen LogP contribution in [-0.4, -0.2) is 35.6 Å². The number of nitrogens with zero attached hydrogens (tertiary/aromatic N) is 2. The van der Waals surface area contributed by atoms with E-state index in [1.165, 1.54) is 5.56 Å². The number of aromatic nitrogens is 1. The summed E-state index contributed by atoms with van der Waals surface area (Å²) in [5.74, 6) is 0. The summed E-state index contributed by atoms with van der Waals surface area (Å²) < 4.78 is 0. The van der Waals surface area contributed by atoms with Gasteiger partial charge in [0.05, 0.1) is 0 Å². The first kappa shape index (κ1) is 13.1. The third kappa shape index (κ3) is 3.91. The van der Waals surface area contributed by atoms with Crippen LogP contribution in [0.25, 0.3) is 0 Å². The van der Waals surface area contributed by atoms with Crippen molar-refractivity contribution in [3.63, 3.8) is 0 Å². The summed E-state index contributed by atoms with van der Waals surface area (Å²) in [6.07, 6.45) is 5.77. The summed E-state index contributed by atoms with van der Waals surface area (Å²) in [5.41, 5.74) is 7.37. The Hall–Kier alpha value is -0.930. The summed E-state index contributed by atoms with van der Waals surface area (Å²) in [7, 11) is 2.14. The Morgan fingerprint density at radius 2 is 2.00 bits per heavy atom. The van der Waals surface area contributed by atoms with E-state index in [0.29, 0.717) is 6.04 Å². The average Bonchev–Trinajstić information content (AvgIpc) is 2.35. The van der Waals surface area contributed by atoms with Gasteiger partial charge in [0.1, 0.15) is 0 Å². The lowest BCUT2D eigenvalue weighted by atomic mass is 10.1. The number of pyridine rings is 1. The van der Waals surface area contributed by atoms with Gasteiger partial charge in [-0.15, -0.1) is 0 Å². The van der Waals surface area contributed by atoms with Crippen molar-refractivity contribution in [1.29, 1.82) is 0 Å². The van der Waals surface area contributed by atoms with Crippen molar-refractivity contribution in [3.05, 3.63) is 30.1 Å². The van der Waals surface area contributed by atoms with Crippen LogP contribution in [0.2, 0.25) is 0 Å².